The van der Waals surface area contributed by atoms with E-state index in [4.69, 9.17) is 17.3 Å². The van der Waals surface area contributed by atoms with Crippen LogP contribution in [0.5, 0.6) is 0 Å². The SMILES string of the molecule is CC(Nc1ncnc2nc[nH]c12)c1cc(Cl)c(CN)c(C#N)c1-c1cccc(F)c1. The molecule has 9 heteroatoms. The highest BCUT2D eigenvalue weighted by Crippen LogP contribution is 2.38. The largest absolute Gasteiger partial charge is 0.362 e. The van der Waals surface area contributed by atoms with E-state index in [1.807, 2.05) is 6.92 Å². The minimum absolute atomic E-state index is 0.0901. The number of nitriles is 1. The van der Waals surface area contributed by atoms with E-state index in [1.54, 1.807) is 18.2 Å². The van der Waals surface area contributed by atoms with Gasteiger partial charge in [-0.1, -0.05) is 23.7 Å². The number of hydrogen-bond donors (Lipinski definition) is 3. The molecular weight excluding hydrogens is 405 g/mol. The molecule has 0 bridgehead atoms. The molecule has 4 rings (SSSR count). The fraction of sp³-hybridized carbons (Fsp3) is 0.143. The summed E-state index contributed by atoms with van der Waals surface area (Å²) >= 11 is 6.45. The molecule has 7 nitrogen and oxygen atoms in total. The summed E-state index contributed by atoms with van der Waals surface area (Å²) in [5, 5.41) is 13.6. The Bertz CT molecular complexity index is 1280. The Morgan fingerprint density at radius 1 is 1.30 bits per heavy atom. The maximum atomic E-state index is 14.0. The Kier molecular flexibility index (Phi) is 5.31. The van der Waals surface area contributed by atoms with Gasteiger partial charge in [0.05, 0.1) is 17.9 Å². The number of H-pyrrole nitrogens is 1. The van der Waals surface area contributed by atoms with Gasteiger partial charge in [-0.05, 0) is 36.2 Å². The zero-order chi connectivity index (χ0) is 21.3. The third-order valence-corrected chi connectivity index (χ3v) is 5.22. The minimum Gasteiger partial charge on any atom is -0.362 e. The van der Waals surface area contributed by atoms with Gasteiger partial charge in [-0.25, -0.2) is 19.3 Å². The van der Waals surface area contributed by atoms with E-state index in [0.717, 1.165) is 0 Å². The van der Waals surface area contributed by atoms with Crippen molar-refractivity contribution >= 4 is 28.6 Å². The van der Waals surface area contributed by atoms with Crippen molar-refractivity contribution in [1.29, 1.82) is 5.26 Å². The number of aromatic nitrogens is 4. The van der Waals surface area contributed by atoms with Gasteiger partial charge < -0.3 is 16.0 Å². The lowest BCUT2D eigenvalue weighted by Crippen LogP contribution is -2.13. The van der Waals surface area contributed by atoms with E-state index < -0.39 is 5.82 Å². The summed E-state index contributed by atoms with van der Waals surface area (Å²) in [4.78, 5) is 15.5. The van der Waals surface area contributed by atoms with Crippen molar-refractivity contribution in [3.05, 3.63) is 70.5 Å². The zero-order valence-corrected chi connectivity index (χ0v) is 16.7. The molecule has 2 aromatic heterocycles. The summed E-state index contributed by atoms with van der Waals surface area (Å²) in [6.07, 6.45) is 2.95. The minimum atomic E-state index is -0.401. The van der Waals surface area contributed by atoms with Crippen LogP contribution < -0.4 is 11.1 Å². The van der Waals surface area contributed by atoms with Crippen LogP contribution >= 0.6 is 11.6 Å². The molecule has 30 heavy (non-hydrogen) atoms. The zero-order valence-electron chi connectivity index (χ0n) is 15.9. The number of nitrogens with one attached hydrogen (secondary N) is 2. The standard InChI is InChI=1S/C21H17ClFN7/c1-11(30-21-19-20(27-9-26-19)28-10-29-21)14-6-17(22)15(7-24)16(8-25)18(14)12-3-2-4-13(23)5-12/h2-6,9-11H,7,24H2,1H3,(H2,26,27,28,29,30). The molecule has 2 heterocycles. The number of anilines is 1. The van der Waals surface area contributed by atoms with Crippen molar-refractivity contribution in [2.24, 2.45) is 5.73 Å². The summed E-state index contributed by atoms with van der Waals surface area (Å²) in [6.45, 7) is 1.99. The fourth-order valence-corrected chi connectivity index (χ4v) is 3.78. The molecule has 0 fully saturated rings. The smallest absolute Gasteiger partial charge is 0.182 e. The van der Waals surface area contributed by atoms with Crippen LogP contribution in [0.15, 0.2) is 43.0 Å². The number of benzene rings is 2. The molecule has 0 saturated heterocycles. The number of halogens is 2. The fourth-order valence-electron chi connectivity index (χ4n) is 3.49. The summed E-state index contributed by atoms with van der Waals surface area (Å²) in [5.41, 5.74) is 9.74. The highest BCUT2D eigenvalue weighted by Gasteiger charge is 2.22. The molecular formula is C21H17ClFN7. The molecule has 0 spiro atoms. The predicted molar refractivity (Wildman–Crippen MR) is 113 cm³/mol. The lowest BCUT2D eigenvalue weighted by Gasteiger charge is -2.22. The quantitative estimate of drug-likeness (QED) is 0.442. The third-order valence-electron chi connectivity index (χ3n) is 4.88. The van der Waals surface area contributed by atoms with E-state index in [9.17, 15) is 9.65 Å². The second-order valence-corrected chi connectivity index (χ2v) is 7.10. The van der Waals surface area contributed by atoms with Crippen LogP contribution in [0.1, 0.15) is 29.7 Å². The lowest BCUT2D eigenvalue weighted by atomic mass is 9.88. The van der Waals surface area contributed by atoms with Gasteiger partial charge >= 0.3 is 0 Å². The van der Waals surface area contributed by atoms with E-state index in [-0.39, 0.29) is 12.6 Å². The molecule has 2 aromatic carbocycles. The van der Waals surface area contributed by atoms with E-state index in [1.165, 1.54) is 24.8 Å². The van der Waals surface area contributed by atoms with Gasteiger partial charge in [0.25, 0.3) is 0 Å². The van der Waals surface area contributed by atoms with E-state index >= 15 is 0 Å². The lowest BCUT2D eigenvalue weighted by molar-refractivity contribution is 0.628. The van der Waals surface area contributed by atoms with Crippen LogP contribution in [-0.2, 0) is 6.54 Å². The number of aromatic amines is 1. The second kappa shape index (κ2) is 8.06. The monoisotopic (exact) mass is 421 g/mol. The first-order valence-corrected chi connectivity index (χ1v) is 9.53. The molecule has 0 saturated carbocycles. The van der Waals surface area contributed by atoms with Gasteiger partial charge in [0.15, 0.2) is 11.5 Å². The van der Waals surface area contributed by atoms with Gasteiger partial charge in [0.2, 0.25) is 0 Å². The molecule has 0 aliphatic heterocycles. The van der Waals surface area contributed by atoms with Gasteiger partial charge in [-0.15, -0.1) is 0 Å². The van der Waals surface area contributed by atoms with Gasteiger partial charge in [-0.2, -0.15) is 5.26 Å². The van der Waals surface area contributed by atoms with Crippen molar-refractivity contribution in [3.8, 4) is 17.2 Å². The van der Waals surface area contributed by atoms with Crippen molar-refractivity contribution in [2.45, 2.75) is 19.5 Å². The van der Waals surface area contributed by atoms with Crippen LogP contribution in [0.3, 0.4) is 0 Å². The number of nitrogens with two attached hydrogens (primary N) is 1. The van der Waals surface area contributed by atoms with Crippen molar-refractivity contribution in [2.75, 3.05) is 5.32 Å². The summed E-state index contributed by atoms with van der Waals surface area (Å²) < 4.78 is 14.0. The first-order valence-electron chi connectivity index (χ1n) is 9.15. The first-order chi connectivity index (χ1) is 14.5. The Balaban J connectivity index is 1.89. The predicted octanol–water partition coefficient (Wildman–Crippen LogP) is 4.32. The molecule has 0 aliphatic carbocycles. The number of hydrogen-bond acceptors (Lipinski definition) is 6. The summed E-state index contributed by atoms with van der Waals surface area (Å²) in [6, 6.07) is 9.72. The van der Waals surface area contributed by atoms with Crippen LogP contribution in [0.25, 0.3) is 22.3 Å². The maximum Gasteiger partial charge on any atom is 0.182 e. The van der Waals surface area contributed by atoms with Gasteiger partial charge in [0, 0.05) is 22.7 Å². The average molecular weight is 422 g/mol. The van der Waals surface area contributed by atoms with Crippen LogP contribution in [0, 0.1) is 17.1 Å². The Morgan fingerprint density at radius 3 is 2.87 bits per heavy atom. The van der Waals surface area contributed by atoms with Crippen molar-refractivity contribution in [3.63, 3.8) is 0 Å². The number of rotatable bonds is 5. The van der Waals surface area contributed by atoms with Crippen LogP contribution in [-0.4, -0.2) is 19.9 Å². The average Bonchev–Trinajstić information content (AvgIpc) is 3.22. The van der Waals surface area contributed by atoms with Gasteiger partial charge in [0.1, 0.15) is 23.7 Å². The highest BCUT2D eigenvalue weighted by molar-refractivity contribution is 6.31. The van der Waals surface area contributed by atoms with E-state index in [2.05, 4.69) is 31.3 Å². The molecule has 1 atom stereocenters. The van der Waals surface area contributed by atoms with Crippen molar-refractivity contribution in [1.82, 2.24) is 19.9 Å². The Morgan fingerprint density at radius 2 is 2.13 bits per heavy atom. The first kappa shape index (κ1) is 19.8. The number of imidazole rings is 1. The molecule has 0 amide bonds. The normalized spacial score (nSPS) is 12.0. The van der Waals surface area contributed by atoms with Gasteiger partial charge in [-0.3, -0.25) is 0 Å². The molecule has 0 radical (unpaired) electrons. The van der Waals surface area contributed by atoms with Crippen molar-refractivity contribution < 1.29 is 4.39 Å². The molecule has 4 aromatic rings. The van der Waals surface area contributed by atoms with Crippen LogP contribution in [0.4, 0.5) is 10.2 Å². The molecule has 150 valence electrons. The Hall–Kier alpha value is -3.54. The number of fused-ring (bicyclic) bond motifs is 1. The number of nitrogens with zero attached hydrogens (tertiary/aromatic N) is 4. The molecule has 0 aliphatic rings. The Labute approximate surface area is 176 Å². The summed E-state index contributed by atoms with van der Waals surface area (Å²) in [5.74, 6) is 0.148. The maximum absolute atomic E-state index is 14.0. The van der Waals surface area contributed by atoms with E-state index in [0.29, 0.717) is 49.8 Å². The molecule has 4 N–H and O–H groups in total. The van der Waals surface area contributed by atoms with Crippen LogP contribution in [0.2, 0.25) is 5.02 Å². The third kappa shape index (κ3) is 3.45. The molecule has 1 unspecified atom stereocenters. The second-order valence-electron chi connectivity index (χ2n) is 6.69. The highest BCUT2D eigenvalue weighted by atomic mass is 35.5. The summed E-state index contributed by atoms with van der Waals surface area (Å²) in [7, 11) is 0. The topological polar surface area (TPSA) is 116 Å².